The molecular weight excluding hydrogens is 361 g/mol. The summed E-state index contributed by atoms with van der Waals surface area (Å²) in [4.78, 5) is 13.0. The van der Waals surface area contributed by atoms with E-state index >= 15 is 0 Å². The van der Waals surface area contributed by atoms with Crippen LogP contribution in [-0.2, 0) is 4.79 Å². The summed E-state index contributed by atoms with van der Waals surface area (Å²) in [5.74, 6) is 0.918. The third kappa shape index (κ3) is 9.89. The zero-order valence-corrected chi connectivity index (χ0v) is 15.9. The third-order valence-electron chi connectivity index (χ3n) is 3.54. The second kappa shape index (κ2) is 11.5. The van der Waals surface area contributed by atoms with Crippen LogP contribution in [0.3, 0.4) is 0 Å². The zero-order valence-electron chi connectivity index (χ0n) is 15.9. The minimum atomic E-state index is -4.21. The third-order valence-corrected chi connectivity index (χ3v) is 3.54. The van der Waals surface area contributed by atoms with Crippen molar-refractivity contribution in [2.24, 2.45) is 0 Å². The minimum Gasteiger partial charge on any atom is -0.493 e. The topological polar surface area (TPSA) is 50.8 Å². The van der Waals surface area contributed by atoms with E-state index in [1.807, 2.05) is 13.0 Å². The summed E-state index contributed by atoms with van der Waals surface area (Å²) < 4.78 is 47.5. The summed E-state index contributed by atoms with van der Waals surface area (Å²) in [5, 5.41) is 2.65. The van der Waals surface area contributed by atoms with Gasteiger partial charge in [-0.1, -0.05) is 13.0 Å². The lowest BCUT2D eigenvalue weighted by molar-refractivity contribution is -0.143. The molecular formula is C19H27F3N2O3. The van der Waals surface area contributed by atoms with Crippen molar-refractivity contribution >= 4 is 12.0 Å². The van der Waals surface area contributed by atoms with E-state index < -0.39 is 12.7 Å². The van der Waals surface area contributed by atoms with Crippen molar-refractivity contribution in [1.82, 2.24) is 10.2 Å². The van der Waals surface area contributed by atoms with Gasteiger partial charge in [-0.2, -0.15) is 13.2 Å². The number of amides is 1. The Balaban J connectivity index is 2.42. The number of halogens is 3. The van der Waals surface area contributed by atoms with E-state index in [1.165, 1.54) is 18.0 Å². The van der Waals surface area contributed by atoms with Gasteiger partial charge in [-0.3, -0.25) is 9.69 Å². The molecule has 152 valence electrons. The summed E-state index contributed by atoms with van der Waals surface area (Å²) in [6, 6.07) is 5.35. The zero-order chi connectivity index (χ0) is 20.3. The number of nitrogens with zero attached hydrogens (tertiary/aromatic N) is 1. The van der Waals surface area contributed by atoms with Crippen molar-refractivity contribution in [3.05, 3.63) is 29.8 Å². The molecule has 1 amide bonds. The van der Waals surface area contributed by atoms with E-state index in [4.69, 9.17) is 9.47 Å². The Kier molecular flexibility index (Phi) is 9.71. The van der Waals surface area contributed by atoms with Gasteiger partial charge in [0.1, 0.15) is 0 Å². The number of carbonyl (C=O) groups is 1. The number of hydrogen-bond donors (Lipinski definition) is 1. The number of carbonyl (C=O) groups excluding carboxylic acids is 1. The Morgan fingerprint density at radius 1 is 1.30 bits per heavy atom. The molecule has 0 aliphatic carbocycles. The lowest BCUT2D eigenvalue weighted by Gasteiger charge is -2.18. The molecule has 5 nitrogen and oxygen atoms in total. The van der Waals surface area contributed by atoms with Gasteiger partial charge in [-0.25, -0.2) is 0 Å². The first kappa shape index (κ1) is 22.8. The summed E-state index contributed by atoms with van der Waals surface area (Å²) >= 11 is 0. The second-order valence-corrected chi connectivity index (χ2v) is 6.09. The summed E-state index contributed by atoms with van der Waals surface area (Å²) in [6.07, 6.45) is 0.122. The largest absolute Gasteiger partial charge is 0.493 e. The highest BCUT2D eigenvalue weighted by Gasteiger charge is 2.28. The maximum Gasteiger partial charge on any atom is 0.401 e. The van der Waals surface area contributed by atoms with Gasteiger partial charge in [0.05, 0.1) is 20.3 Å². The molecule has 0 saturated carbocycles. The normalized spacial score (nSPS) is 11.8. The molecule has 27 heavy (non-hydrogen) atoms. The van der Waals surface area contributed by atoms with Gasteiger partial charge in [-0.05, 0) is 50.2 Å². The van der Waals surface area contributed by atoms with Crippen LogP contribution in [0.25, 0.3) is 6.08 Å². The lowest BCUT2D eigenvalue weighted by atomic mass is 10.2. The predicted molar refractivity (Wildman–Crippen MR) is 99.0 cm³/mol. The highest BCUT2D eigenvalue weighted by Crippen LogP contribution is 2.28. The quantitative estimate of drug-likeness (QED) is 0.466. The van der Waals surface area contributed by atoms with Crippen LogP contribution in [0.4, 0.5) is 13.2 Å². The number of nitrogens with one attached hydrogen (secondary N) is 1. The molecule has 0 aliphatic rings. The Bertz CT molecular complexity index is 619. The monoisotopic (exact) mass is 388 g/mol. The smallest absolute Gasteiger partial charge is 0.401 e. The first-order chi connectivity index (χ1) is 12.7. The SMILES string of the molecule is CCCOc1ccc(/C=C/C(=O)NCCCN(C)CC(F)(F)F)cc1OC. The maximum absolute atomic E-state index is 12.2. The van der Waals surface area contributed by atoms with Gasteiger partial charge in [0, 0.05) is 12.6 Å². The van der Waals surface area contributed by atoms with Crippen LogP contribution in [0.1, 0.15) is 25.3 Å². The maximum atomic E-state index is 12.2. The van der Waals surface area contributed by atoms with Crippen molar-refractivity contribution in [2.45, 2.75) is 25.9 Å². The molecule has 0 bridgehead atoms. The number of ether oxygens (including phenoxy) is 2. The molecule has 1 aromatic carbocycles. The molecule has 8 heteroatoms. The van der Waals surface area contributed by atoms with E-state index in [1.54, 1.807) is 25.3 Å². The molecule has 0 atom stereocenters. The molecule has 1 rings (SSSR count). The fourth-order valence-corrected chi connectivity index (χ4v) is 2.30. The molecule has 0 fully saturated rings. The van der Waals surface area contributed by atoms with Crippen molar-refractivity contribution < 1.29 is 27.4 Å². The van der Waals surface area contributed by atoms with E-state index in [0.29, 0.717) is 31.1 Å². The number of rotatable bonds is 11. The average Bonchev–Trinajstić information content (AvgIpc) is 2.60. The number of hydrogen-bond acceptors (Lipinski definition) is 4. The fourth-order valence-electron chi connectivity index (χ4n) is 2.30. The summed E-state index contributed by atoms with van der Waals surface area (Å²) in [6.45, 7) is 2.20. The van der Waals surface area contributed by atoms with E-state index in [-0.39, 0.29) is 12.5 Å². The van der Waals surface area contributed by atoms with E-state index in [9.17, 15) is 18.0 Å². The van der Waals surface area contributed by atoms with Crippen molar-refractivity contribution in [2.75, 3.05) is 40.4 Å². The first-order valence-electron chi connectivity index (χ1n) is 8.77. The lowest BCUT2D eigenvalue weighted by Crippen LogP contribution is -2.33. The highest BCUT2D eigenvalue weighted by molar-refractivity contribution is 5.91. The van der Waals surface area contributed by atoms with Gasteiger partial charge < -0.3 is 14.8 Å². The molecule has 0 unspecified atom stereocenters. The fraction of sp³-hybridized carbons (Fsp3) is 0.526. The van der Waals surface area contributed by atoms with Gasteiger partial charge in [0.15, 0.2) is 11.5 Å². The van der Waals surface area contributed by atoms with Gasteiger partial charge in [-0.15, -0.1) is 0 Å². The molecule has 0 radical (unpaired) electrons. The Morgan fingerprint density at radius 2 is 2.04 bits per heavy atom. The minimum absolute atomic E-state index is 0.250. The van der Waals surface area contributed by atoms with Crippen LogP contribution in [0.2, 0.25) is 0 Å². The predicted octanol–water partition coefficient (Wildman–Crippen LogP) is 3.50. The number of alkyl halides is 3. The standard InChI is InChI=1S/C19H27F3N2O3/c1-4-12-27-16-8-6-15(13-17(16)26-3)7-9-18(25)23-10-5-11-24(2)14-19(20,21)22/h6-9,13H,4-5,10-12,14H2,1-3H3,(H,23,25)/b9-7+. The Labute approximate surface area is 158 Å². The van der Waals surface area contributed by atoms with Gasteiger partial charge in [0.2, 0.25) is 5.91 Å². The molecule has 1 aromatic rings. The number of benzene rings is 1. The number of methoxy groups -OCH3 is 1. The van der Waals surface area contributed by atoms with Crippen molar-refractivity contribution in [1.29, 1.82) is 0 Å². The highest BCUT2D eigenvalue weighted by atomic mass is 19.4. The molecule has 0 aliphatic heterocycles. The van der Waals surface area contributed by atoms with Crippen molar-refractivity contribution in [3.63, 3.8) is 0 Å². The summed E-state index contributed by atoms with van der Waals surface area (Å²) in [5.41, 5.74) is 0.774. The van der Waals surface area contributed by atoms with E-state index in [2.05, 4.69) is 5.32 Å². The van der Waals surface area contributed by atoms with Gasteiger partial charge in [0.25, 0.3) is 0 Å². The van der Waals surface area contributed by atoms with Crippen LogP contribution >= 0.6 is 0 Å². The summed E-state index contributed by atoms with van der Waals surface area (Å²) in [7, 11) is 2.95. The van der Waals surface area contributed by atoms with Crippen LogP contribution in [0, 0.1) is 0 Å². The van der Waals surface area contributed by atoms with Crippen LogP contribution in [-0.4, -0.2) is 57.4 Å². The van der Waals surface area contributed by atoms with Crippen LogP contribution < -0.4 is 14.8 Å². The average molecular weight is 388 g/mol. The molecule has 0 saturated heterocycles. The Hall–Kier alpha value is -2.22. The van der Waals surface area contributed by atoms with E-state index in [0.717, 1.165) is 12.0 Å². The van der Waals surface area contributed by atoms with Gasteiger partial charge >= 0.3 is 6.18 Å². The Morgan fingerprint density at radius 3 is 2.67 bits per heavy atom. The molecule has 0 heterocycles. The van der Waals surface area contributed by atoms with Crippen LogP contribution in [0.15, 0.2) is 24.3 Å². The molecule has 0 aromatic heterocycles. The second-order valence-electron chi connectivity index (χ2n) is 6.09. The molecule has 0 spiro atoms. The first-order valence-corrected chi connectivity index (χ1v) is 8.77. The molecule has 1 N–H and O–H groups in total. The van der Waals surface area contributed by atoms with Crippen molar-refractivity contribution in [3.8, 4) is 11.5 Å². The van der Waals surface area contributed by atoms with Crippen LogP contribution in [0.5, 0.6) is 11.5 Å².